The Hall–Kier alpha value is -0.750. The zero-order valence-corrected chi connectivity index (χ0v) is 10.1. The maximum Gasteiger partial charge on any atom is 0.321 e. The molecule has 1 atom stereocenters. The van der Waals surface area contributed by atoms with E-state index < -0.39 is 16.1 Å². The van der Waals surface area contributed by atoms with Crippen LogP contribution in [-0.2, 0) is 0 Å². The molecule has 5 nitrogen and oxygen atoms in total. The standard InChI is InChI=1S/C8H8Cl3N3O2/c9-8(10,11)6(15)14-7(16)13-5-2-1-3-12-4-5/h1-4,6,15H,(H2,13,14,16). The highest BCUT2D eigenvalue weighted by Crippen LogP contribution is 2.28. The molecule has 0 bridgehead atoms. The van der Waals surface area contributed by atoms with E-state index in [1.807, 2.05) is 0 Å². The third-order valence-electron chi connectivity index (χ3n) is 1.50. The van der Waals surface area contributed by atoms with Gasteiger partial charge in [0.05, 0.1) is 11.9 Å². The summed E-state index contributed by atoms with van der Waals surface area (Å²) in [7, 11) is 0. The number of alkyl halides is 3. The molecule has 0 aliphatic heterocycles. The number of aliphatic hydroxyl groups is 1. The third-order valence-corrected chi connectivity index (χ3v) is 2.12. The monoisotopic (exact) mass is 283 g/mol. The molecule has 16 heavy (non-hydrogen) atoms. The number of pyridine rings is 1. The van der Waals surface area contributed by atoms with Gasteiger partial charge < -0.3 is 15.7 Å². The largest absolute Gasteiger partial charge is 0.369 e. The molecule has 1 aromatic rings. The van der Waals surface area contributed by atoms with Gasteiger partial charge in [-0.15, -0.1) is 0 Å². The summed E-state index contributed by atoms with van der Waals surface area (Å²) in [6.45, 7) is 0. The maximum absolute atomic E-state index is 11.3. The Morgan fingerprint density at radius 3 is 2.69 bits per heavy atom. The summed E-state index contributed by atoms with van der Waals surface area (Å²) < 4.78 is -1.98. The van der Waals surface area contributed by atoms with E-state index in [1.165, 1.54) is 6.20 Å². The molecule has 88 valence electrons. The van der Waals surface area contributed by atoms with Crippen molar-refractivity contribution in [3.8, 4) is 0 Å². The second-order valence-corrected chi connectivity index (χ2v) is 5.15. The highest BCUT2D eigenvalue weighted by molar-refractivity contribution is 6.68. The lowest BCUT2D eigenvalue weighted by Crippen LogP contribution is -2.45. The first kappa shape index (κ1) is 13.3. The Labute approximate surface area is 107 Å². The Balaban J connectivity index is 2.49. The molecule has 1 heterocycles. The van der Waals surface area contributed by atoms with E-state index in [1.54, 1.807) is 18.3 Å². The molecule has 0 aromatic carbocycles. The van der Waals surface area contributed by atoms with Gasteiger partial charge >= 0.3 is 6.03 Å². The highest BCUT2D eigenvalue weighted by Gasteiger charge is 2.32. The van der Waals surface area contributed by atoms with Gasteiger partial charge in [-0.3, -0.25) is 4.98 Å². The molecular weight excluding hydrogens is 276 g/mol. The Morgan fingerprint density at radius 2 is 2.19 bits per heavy atom. The van der Waals surface area contributed by atoms with Crippen LogP contribution in [0.1, 0.15) is 0 Å². The average molecular weight is 285 g/mol. The quantitative estimate of drug-likeness (QED) is 0.573. The summed E-state index contributed by atoms with van der Waals surface area (Å²) in [5.41, 5.74) is 0.455. The minimum Gasteiger partial charge on any atom is -0.369 e. The van der Waals surface area contributed by atoms with E-state index in [-0.39, 0.29) is 0 Å². The lowest BCUT2D eigenvalue weighted by molar-refractivity contribution is 0.148. The zero-order chi connectivity index (χ0) is 12.2. The molecule has 0 radical (unpaired) electrons. The van der Waals surface area contributed by atoms with Crippen LogP contribution in [0.5, 0.6) is 0 Å². The molecule has 0 aliphatic rings. The van der Waals surface area contributed by atoms with Gasteiger partial charge in [0, 0.05) is 6.20 Å². The fourth-order valence-electron chi connectivity index (χ4n) is 0.810. The minimum absolute atomic E-state index is 0.455. The van der Waals surface area contributed by atoms with Crippen LogP contribution in [0.3, 0.4) is 0 Å². The van der Waals surface area contributed by atoms with Crippen molar-refractivity contribution in [2.45, 2.75) is 10.0 Å². The number of carbonyl (C=O) groups excluding carboxylic acids is 1. The molecule has 1 unspecified atom stereocenters. The van der Waals surface area contributed by atoms with E-state index in [2.05, 4.69) is 15.6 Å². The first-order chi connectivity index (χ1) is 7.39. The first-order valence-electron chi connectivity index (χ1n) is 4.12. The average Bonchev–Trinajstić information content (AvgIpc) is 2.17. The summed E-state index contributed by atoms with van der Waals surface area (Å²) in [5.74, 6) is 0. The number of amides is 2. The molecule has 8 heteroatoms. The van der Waals surface area contributed by atoms with Crippen molar-refractivity contribution in [1.82, 2.24) is 10.3 Å². The lowest BCUT2D eigenvalue weighted by atomic mass is 10.4. The van der Waals surface area contributed by atoms with Crippen LogP contribution in [0.4, 0.5) is 10.5 Å². The summed E-state index contributed by atoms with van der Waals surface area (Å²) in [4.78, 5) is 15.1. The van der Waals surface area contributed by atoms with Crippen LogP contribution in [0.25, 0.3) is 0 Å². The van der Waals surface area contributed by atoms with Crippen LogP contribution in [-0.4, -0.2) is 26.1 Å². The predicted octanol–water partition coefficient (Wildman–Crippen LogP) is 1.89. The second-order valence-electron chi connectivity index (χ2n) is 2.78. The summed E-state index contributed by atoms with van der Waals surface area (Å²) >= 11 is 16.1. The number of hydrogen-bond donors (Lipinski definition) is 3. The van der Waals surface area contributed by atoms with Gasteiger partial charge in [0.2, 0.25) is 3.79 Å². The van der Waals surface area contributed by atoms with E-state index >= 15 is 0 Å². The molecule has 0 spiro atoms. The Morgan fingerprint density at radius 1 is 1.50 bits per heavy atom. The second kappa shape index (κ2) is 5.54. The normalized spacial score (nSPS) is 13.0. The summed E-state index contributed by atoms with van der Waals surface area (Å²) in [6.07, 6.45) is 1.38. The molecule has 0 aliphatic carbocycles. The molecule has 2 amide bonds. The topological polar surface area (TPSA) is 74.2 Å². The fraction of sp³-hybridized carbons (Fsp3) is 0.250. The van der Waals surface area contributed by atoms with E-state index in [9.17, 15) is 9.90 Å². The number of nitrogens with zero attached hydrogens (tertiary/aromatic N) is 1. The van der Waals surface area contributed by atoms with E-state index in [0.717, 1.165) is 0 Å². The van der Waals surface area contributed by atoms with Crippen molar-refractivity contribution in [3.05, 3.63) is 24.5 Å². The lowest BCUT2D eigenvalue weighted by Gasteiger charge is -2.20. The zero-order valence-electron chi connectivity index (χ0n) is 7.82. The number of carbonyl (C=O) groups is 1. The first-order valence-corrected chi connectivity index (χ1v) is 5.25. The van der Waals surface area contributed by atoms with E-state index in [4.69, 9.17) is 34.8 Å². The molecule has 0 fully saturated rings. The number of aliphatic hydroxyl groups excluding tert-OH is 1. The highest BCUT2D eigenvalue weighted by atomic mass is 35.6. The maximum atomic E-state index is 11.3. The number of aromatic nitrogens is 1. The Bertz CT molecular complexity index is 355. The molecule has 1 rings (SSSR count). The summed E-state index contributed by atoms with van der Waals surface area (Å²) in [5, 5.41) is 13.7. The SMILES string of the molecule is O=C(Nc1cccnc1)NC(O)C(Cl)(Cl)Cl. The number of urea groups is 1. The van der Waals surface area contributed by atoms with Gasteiger partial charge in [-0.25, -0.2) is 4.79 Å². The van der Waals surface area contributed by atoms with Gasteiger partial charge in [0.25, 0.3) is 0 Å². The molecule has 0 saturated heterocycles. The summed E-state index contributed by atoms with van der Waals surface area (Å²) in [6, 6.07) is 2.56. The van der Waals surface area contributed by atoms with Crippen molar-refractivity contribution in [1.29, 1.82) is 0 Å². The predicted molar refractivity (Wildman–Crippen MR) is 62.7 cm³/mol. The number of halogens is 3. The van der Waals surface area contributed by atoms with Gasteiger partial charge in [0.15, 0.2) is 6.23 Å². The van der Waals surface area contributed by atoms with Crippen molar-refractivity contribution >= 4 is 46.5 Å². The van der Waals surface area contributed by atoms with Crippen LogP contribution in [0, 0.1) is 0 Å². The number of anilines is 1. The van der Waals surface area contributed by atoms with Crippen LogP contribution < -0.4 is 10.6 Å². The van der Waals surface area contributed by atoms with Crippen molar-refractivity contribution < 1.29 is 9.90 Å². The van der Waals surface area contributed by atoms with Gasteiger partial charge in [-0.2, -0.15) is 0 Å². The number of nitrogens with one attached hydrogen (secondary N) is 2. The van der Waals surface area contributed by atoms with Gasteiger partial charge in [-0.05, 0) is 12.1 Å². The van der Waals surface area contributed by atoms with Crippen LogP contribution in [0.2, 0.25) is 0 Å². The molecule has 0 saturated carbocycles. The van der Waals surface area contributed by atoms with E-state index in [0.29, 0.717) is 5.69 Å². The van der Waals surface area contributed by atoms with Gasteiger partial charge in [0.1, 0.15) is 0 Å². The van der Waals surface area contributed by atoms with Crippen LogP contribution in [0.15, 0.2) is 24.5 Å². The molecule has 3 N–H and O–H groups in total. The van der Waals surface area contributed by atoms with Gasteiger partial charge in [-0.1, -0.05) is 34.8 Å². The fourth-order valence-corrected chi connectivity index (χ4v) is 0.974. The van der Waals surface area contributed by atoms with Crippen molar-refractivity contribution in [3.63, 3.8) is 0 Å². The Kier molecular flexibility index (Phi) is 4.61. The smallest absolute Gasteiger partial charge is 0.321 e. The number of rotatable bonds is 2. The third kappa shape index (κ3) is 4.40. The van der Waals surface area contributed by atoms with Crippen molar-refractivity contribution in [2.75, 3.05) is 5.32 Å². The van der Waals surface area contributed by atoms with Crippen LogP contribution >= 0.6 is 34.8 Å². The molecule has 1 aromatic heterocycles. The number of hydrogen-bond acceptors (Lipinski definition) is 3. The van der Waals surface area contributed by atoms with Crippen molar-refractivity contribution in [2.24, 2.45) is 0 Å². The minimum atomic E-state index is -1.98. The molecular formula is C8H8Cl3N3O2.